The van der Waals surface area contributed by atoms with E-state index in [1.54, 1.807) is 4.90 Å². The summed E-state index contributed by atoms with van der Waals surface area (Å²) in [6, 6.07) is 0. The van der Waals surface area contributed by atoms with Crippen LogP contribution in [-0.4, -0.2) is 60.7 Å². The molecular weight excluding hydrogens is 222 g/mol. The average molecular weight is 241 g/mol. The van der Waals surface area contributed by atoms with Crippen molar-refractivity contribution in [3.8, 4) is 0 Å². The van der Waals surface area contributed by atoms with Crippen molar-refractivity contribution < 1.29 is 14.4 Å². The molecule has 0 spiro atoms. The summed E-state index contributed by atoms with van der Waals surface area (Å²) in [4.78, 5) is 36.7. The molecule has 17 heavy (non-hydrogen) atoms. The van der Waals surface area contributed by atoms with Crippen molar-refractivity contribution in [3.63, 3.8) is 0 Å². The zero-order valence-corrected chi connectivity index (χ0v) is 10.1. The highest BCUT2D eigenvalue weighted by molar-refractivity contribution is 6.35. The summed E-state index contributed by atoms with van der Waals surface area (Å²) >= 11 is 0. The first-order valence-electron chi connectivity index (χ1n) is 5.95. The molecule has 0 radical (unpaired) electrons. The summed E-state index contributed by atoms with van der Waals surface area (Å²) in [7, 11) is 0. The minimum Gasteiger partial charge on any atom is -0.348 e. The van der Waals surface area contributed by atoms with Gasteiger partial charge in [-0.2, -0.15) is 0 Å². The van der Waals surface area contributed by atoms with E-state index < -0.39 is 11.8 Å². The van der Waals surface area contributed by atoms with Crippen molar-refractivity contribution in [2.45, 2.75) is 19.8 Å². The van der Waals surface area contributed by atoms with E-state index in [1.165, 1.54) is 4.90 Å². The largest absolute Gasteiger partial charge is 0.348 e. The maximum absolute atomic E-state index is 11.7. The van der Waals surface area contributed by atoms with Gasteiger partial charge in [0.05, 0.1) is 0 Å². The Morgan fingerprint density at radius 2 is 1.88 bits per heavy atom. The van der Waals surface area contributed by atoms with E-state index in [0.29, 0.717) is 32.7 Å². The van der Waals surface area contributed by atoms with Crippen molar-refractivity contribution in [2.75, 3.05) is 32.7 Å². The molecular formula is C11H19N3O3. The number of nitrogens with one attached hydrogen (secondary N) is 1. The molecule has 3 amide bonds. The highest BCUT2D eigenvalue weighted by atomic mass is 16.2. The number of rotatable bonds is 4. The lowest BCUT2D eigenvalue weighted by Crippen LogP contribution is -2.52. The second kappa shape index (κ2) is 6.88. The van der Waals surface area contributed by atoms with Crippen LogP contribution in [-0.2, 0) is 14.4 Å². The van der Waals surface area contributed by atoms with Crippen LogP contribution < -0.4 is 5.32 Å². The molecule has 0 aliphatic carbocycles. The molecule has 0 saturated carbocycles. The van der Waals surface area contributed by atoms with Gasteiger partial charge in [0.25, 0.3) is 0 Å². The standard InChI is InChI=1S/C11H19N3O3/c1-2-3-4-12-10(16)11(17)14-7-5-13(9-15)6-8-14/h9H,2-8H2,1H3,(H,12,16). The molecule has 1 aliphatic rings. The molecule has 0 unspecified atom stereocenters. The van der Waals surface area contributed by atoms with Crippen molar-refractivity contribution in [1.82, 2.24) is 15.1 Å². The van der Waals surface area contributed by atoms with Crippen LogP contribution in [0.4, 0.5) is 0 Å². The predicted molar refractivity (Wildman–Crippen MR) is 62.1 cm³/mol. The smallest absolute Gasteiger partial charge is 0.312 e. The molecule has 96 valence electrons. The second-order valence-electron chi connectivity index (χ2n) is 4.04. The average Bonchev–Trinajstić information content (AvgIpc) is 2.38. The monoisotopic (exact) mass is 241 g/mol. The molecule has 1 N–H and O–H groups in total. The summed E-state index contributed by atoms with van der Waals surface area (Å²) in [5.74, 6) is -1.04. The van der Waals surface area contributed by atoms with Crippen molar-refractivity contribution in [1.29, 1.82) is 0 Å². The Morgan fingerprint density at radius 3 is 2.41 bits per heavy atom. The topological polar surface area (TPSA) is 69.7 Å². The van der Waals surface area contributed by atoms with Crippen LogP contribution in [0, 0.1) is 0 Å². The van der Waals surface area contributed by atoms with Gasteiger partial charge in [-0.25, -0.2) is 0 Å². The number of hydrogen-bond acceptors (Lipinski definition) is 3. The normalized spacial score (nSPS) is 15.6. The molecule has 6 nitrogen and oxygen atoms in total. The number of nitrogens with zero attached hydrogens (tertiary/aromatic N) is 2. The Bertz CT molecular complexity index is 286. The minimum absolute atomic E-state index is 0.429. The van der Waals surface area contributed by atoms with E-state index in [1.807, 2.05) is 6.92 Å². The van der Waals surface area contributed by atoms with Crippen LogP contribution in [0.15, 0.2) is 0 Å². The first kappa shape index (κ1) is 13.5. The molecule has 6 heteroatoms. The Morgan fingerprint density at radius 1 is 1.24 bits per heavy atom. The lowest BCUT2D eigenvalue weighted by atomic mass is 10.3. The van der Waals surface area contributed by atoms with Gasteiger partial charge < -0.3 is 15.1 Å². The van der Waals surface area contributed by atoms with Crippen LogP contribution in [0.5, 0.6) is 0 Å². The number of hydrogen-bond donors (Lipinski definition) is 1. The Kier molecular flexibility index (Phi) is 5.45. The fourth-order valence-corrected chi connectivity index (χ4v) is 1.63. The highest BCUT2D eigenvalue weighted by Gasteiger charge is 2.24. The van der Waals surface area contributed by atoms with E-state index in [9.17, 15) is 14.4 Å². The van der Waals surface area contributed by atoms with Crippen molar-refractivity contribution in [3.05, 3.63) is 0 Å². The number of amides is 3. The number of carbonyl (C=O) groups excluding carboxylic acids is 3. The number of carbonyl (C=O) groups is 3. The fourth-order valence-electron chi connectivity index (χ4n) is 1.63. The Labute approximate surface area is 101 Å². The molecule has 0 bridgehead atoms. The summed E-state index contributed by atoms with van der Waals surface area (Å²) in [5, 5.41) is 2.59. The molecule has 1 rings (SSSR count). The van der Waals surface area contributed by atoms with Crippen LogP contribution >= 0.6 is 0 Å². The van der Waals surface area contributed by atoms with Gasteiger partial charge >= 0.3 is 11.8 Å². The van der Waals surface area contributed by atoms with Crippen LogP contribution in [0.25, 0.3) is 0 Å². The molecule has 1 saturated heterocycles. The Balaban J connectivity index is 2.32. The van der Waals surface area contributed by atoms with Crippen molar-refractivity contribution in [2.24, 2.45) is 0 Å². The number of piperazine rings is 1. The molecule has 1 heterocycles. The SMILES string of the molecule is CCCCNC(=O)C(=O)N1CCN(C=O)CC1. The van der Waals surface area contributed by atoms with Gasteiger partial charge in [-0.15, -0.1) is 0 Å². The lowest BCUT2D eigenvalue weighted by Gasteiger charge is -2.31. The molecule has 0 aromatic rings. The third-order valence-corrected chi connectivity index (χ3v) is 2.76. The van der Waals surface area contributed by atoms with Crippen LogP contribution in [0.1, 0.15) is 19.8 Å². The van der Waals surface area contributed by atoms with Gasteiger partial charge in [-0.1, -0.05) is 13.3 Å². The maximum atomic E-state index is 11.7. The molecule has 0 aromatic carbocycles. The molecule has 1 aliphatic heterocycles. The van der Waals surface area contributed by atoms with Gasteiger partial charge in [-0.05, 0) is 6.42 Å². The van der Waals surface area contributed by atoms with E-state index in [0.717, 1.165) is 19.3 Å². The van der Waals surface area contributed by atoms with Crippen LogP contribution in [0.2, 0.25) is 0 Å². The van der Waals surface area contributed by atoms with Gasteiger partial charge in [-0.3, -0.25) is 14.4 Å². The minimum atomic E-state index is -0.544. The third-order valence-electron chi connectivity index (χ3n) is 2.76. The molecule has 1 fully saturated rings. The first-order chi connectivity index (χ1) is 8.19. The summed E-state index contributed by atoms with van der Waals surface area (Å²) < 4.78 is 0. The quantitative estimate of drug-likeness (QED) is 0.398. The number of unbranched alkanes of at least 4 members (excludes halogenated alkanes) is 1. The predicted octanol–water partition coefficient (Wildman–Crippen LogP) is -0.797. The summed E-state index contributed by atoms with van der Waals surface area (Å²) in [6.07, 6.45) is 2.62. The fraction of sp³-hybridized carbons (Fsp3) is 0.727. The second-order valence-corrected chi connectivity index (χ2v) is 4.04. The third kappa shape index (κ3) is 4.05. The maximum Gasteiger partial charge on any atom is 0.312 e. The van der Waals surface area contributed by atoms with E-state index >= 15 is 0 Å². The molecule has 0 atom stereocenters. The summed E-state index contributed by atoms with van der Waals surface area (Å²) in [5.41, 5.74) is 0. The van der Waals surface area contributed by atoms with Gasteiger partial charge in [0.1, 0.15) is 0 Å². The highest BCUT2D eigenvalue weighted by Crippen LogP contribution is 2.00. The molecule has 0 aromatic heterocycles. The first-order valence-corrected chi connectivity index (χ1v) is 5.95. The van der Waals surface area contributed by atoms with Crippen LogP contribution in [0.3, 0.4) is 0 Å². The lowest BCUT2D eigenvalue weighted by molar-refractivity contribution is -0.147. The Hall–Kier alpha value is -1.59. The van der Waals surface area contributed by atoms with E-state index in [2.05, 4.69) is 5.32 Å². The van der Waals surface area contributed by atoms with Gasteiger partial charge in [0.2, 0.25) is 6.41 Å². The van der Waals surface area contributed by atoms with Gasteiger partial charge in [0.15, 0.2) is 0 Å². The van der Waals surface area contributed by atoms with E-state index in [-0.39, 0.29) is 0 Å². The van der Waals surface area contributed by atoms with E-state index in [4.69, 9.17) is 0 Å². The zero-order valence-electron chi connectivity index (χ0n) is 10.1. The van der Waals surface area contributed by atoms with Crippen molar-refractivity contribution >= 4 is 18.2 Å². The summed E-state index contributed by atoms with van der Waals surface area (Å²) in [6.45, 7) is 4.41. The zero-order chi connectivity index (χ0) is 12.7. The van der Waals surface area contributed by atoms with Gasteiger partial charge in [0, 0.05) is 32.7 Å².